The molecule has 6 heteroatoms. The van der Waals surface area contributed by atoms with Crippen molar-refractivity contribution in [1.82, 2.24) is 0 Å². The number of methoxy groups -OCH3 is 4. The Morgan fingerprint density at radius 1 is 1.09 bits per heavy atom. The van der Waals surface area contributed by atoms with Gasteiger partial charge < -0.3 is 28.8 Å². The van der Waals surface area contributed by atoms with Gasteiger partial charge in [0.15, 0.2) is 11.5 Å². The van der Waals surface area contributed by atoms with Gasteiger partial charge in [-0.05, 0) is 24.5 Å². The molecule has 0 aliphatic heterocycles. The summed E-state index contributed by atoms with van der Waals surface area (Å²) in [5.74, 6) is 1.78. The van der Waals surface area contributed by atoms with Gasteiger partial charge in [-0.25, -0.2) is 0 Å². The van der Waals surface area contributed by atoms with Crippen LogP contribution in [0.4, 0.5) is 0 Å². The van der Waals surface area contributed by atoms with E-state index in [0.717, 1.165) is 11.1 Å². The van der Waals surface area contributed by atoms with Gasteiger partial charge in [0.2, 0.25) is 5.75 Å². The molecule has 0 saturated carbocycles. The molecule has 2 atom stereocenters. The Labute approximate surface area is 130 Å². The first-order chi connectivity index (χ1) is 10.7. The van der Waals surface area contributed by atoms with Crippen LogP contribution in [0.2, 0.25) is 0 Å². The Balaban J connectivity index is 2.54. The predicted molar refractivity (Wildman–Crippen MR) is 80.7 cm³/mol. The van der Waals surface area contributed by atoms with E-state index < -0.39 is 6.10 Å². The van der Waals surface area contributed by atoms with Crippen LogP contribution in [0.1, 0.15) is 30.1 Å². The van der Waals surface area contributed by atoms with Crippen molar-refractivity contribution in [3.63, 3.8) is 0 Å². The van der Waals surface area contributed by atoms with Crippen LogP contribution in [0, 0.1) is 0 Å². The fourth-order valence-corrected chi connectivity index (χ4v) is 2.89. The summed E-state index contributed by atoms with van der Waals surface area (Å²) in [4.78, 5) is 0. The molecule has 0 aromatic heterocycles. The zero-order valence-electron chi connectivity index (χ0n) is 13.5. The second-order valence-electron chi connectivity index (χ2n) is 5.20. The topological polar surface area (TPSA) is 66.4 Å². The Bertz CT molecular complexity index is 502. The lowest BCUT2D eigenvalue weighted by Crippen LogP contribution is -2.14. The monoisotopic (exact) mass is 312 g/mol. The summed E-state index contributed by atoms with van der Waals surface area (Å²) in [6.45, 7) is 0.160. The van der Waals surface area contributed by atoms with Gasteiger partial charge in [0, 0.05) is 19.1 Å². The minimum Gasteiger partial charge on any atom is -0.493 e. The van der Waals surface area contributed by atoms with Gasteiger partial charge in [0.25, 0.3) is 0 Å². The zero-order valence-corrected chi connectivity index (χ0v) is 13.5. The van der Waals surface area contributed by atoms with E-state index in [2.05, 4.69) is 0 Å². The normalized spacial score (nSPS) is 21.0. The molecule has 1 aromatic carbocycles. The molecule has 0 spiro atoms. The van der Waals surface area contributed by atoms with Crippen LogP contribution in [0.15, 0.2) is 6.07 Å². The fraction of sp³-hybridized carbons (Fsp3) is 0.625. The van der Waals surface area contributed by atoms with Crippen LogP contribution in [0.25, 0.3) is 0 Å². The summed E-state index contributed by atoms with van der Waals surface area (Å²) in [6, 6.07) is 1.90. The average Bonchev–Trinajstić information content (AvgIpc) is 2.69. The highest BCUT2D eigenvalue weighted by Crippen LogP contribution is 2.46. The molecule has 0 radical (unpaired) electrons. The van der Waals surface area contributed by atoms with E-state index in [1.807, 2.05) is 6.07 Å². The van der Waals surface area contributed by atoms with Crippen molar-refractivity contribution in [3.8, 4) is 17.2 Å². The third-order valence-electron chi connectivity index (χ3n) is 3.91. The highest BCUT2D eigenvalue weighted by atomic mass is 16.7. The van der Waals surface area contributed by atoms with Gasteiger partial charge in [-0.15, -0.1) is 0 Å². The maximum absolute atomic E-state index is 10.1. The summed E-state index contributed by atoms with van der Waals surface area (Å²) in [7, 11) is 6.34. The summed E-state index contributed by atoms with van der Waals surface area (Å²) in [5, 5.41) is 10.1. The maximum Gasteiger partial charge on any atom is 0.203 e. The molecule has 0 bridgehead atoms. The van der Waals surface area contributed by atoms with Gasteiger partial charge >= 0.3 is 0 Å². The van der Waals surface area contributed by atoms with Gasteiger partial charge in [-0.3, -0.25) is 0 Å². The minimum absolute atomic E-state index is 0.160. The summed E-state index contributed by atoms with van der Waals surface area (Å²) < 4.78 is 27.1. The van der Waals surface area contributed by atoms with E-state index in [1.54, 1.807) is 28.4 Å². The number of fused-ring (bicyclic) bond motifs is 1. The highest BCUT2D eigenvalue weighted by molar-refractivity contribution is 5.60. The summed E-state index contributed by atoms with van der Waals surface area (Å²) >= 11 is 0. The molecule has 2 rings (SSSR count). The second kappa shape index (κ2) is 7.67. The van der Waals surface area contributed by atoms with Crippen molar-refractivity contribution in [2.75, 3.05) is 35.2 Å². The first kappa shape index (κ1) is 16.9. The molecular formula is C16H24O6. The maximum atomic E-state index is 10.1. The van der Waals surface area contributed by atoms with Crippen molar-refractivity contribution >= 4 is 0 Å². The molecule has 0 amide bonds. The van der Waals surface area contributed by atoms with E-state index in [1.165, 1.54) is 0 Å². The van der Waals surface area contributed by atoms with Crippen LogP contribution in [0.5, 0.6) is 17.2 Å². The molecule has 22 heavy (non-hydrogen) atoms. The van der Waals surface area contributed by atoms with E-state index in [0.29, 0.717) is 36.5 Å². The van der Waals surface area contributed by atoms with Crippen LogP contribution < -0.4 is 14.2 Å². The van der Waals surface area contributed by atoms with Crippen molar-refractivity contribution in [2.24, 2.45) is 0 Å². The van der Waals surface area contributed by atoms with Crippen LogP contribution >= 0.6 is 0 Å². The molecule has 1 aliphatic rings. The SMILES string of the molecule is COCOC1CC(O)CCc2c1cc(OC)c(OC)c2OC. The number of benzene rings is 1. The predicted octanol–water partition coefficient (Wildman–Crippen LogP) is 2.07. The summed E-state index contributed by atoms with van der Waals surface area (Å²) in [5.41, 5.74) is 1.93. The second-order valence-corrected chi connectivity index (χ2v) is 5.20. The van der Waals surface area contributed by atoms with Gasteiger partial charge in [0.1, 0.15) is 6.79 Å². The Morgan fingerprint density at radius 2 is 1.82 bits per heavy atom. The fourth-order valence-electron chi connectivity index (χ4n) is 2.89. The standard InChI is InChI=1S/C16H24O6/c1-18-9-22-13-7-10(17)5-6-11-12(13)8-14(19-2)16(21-4)15(11)20-3/h8,10,13,17H,5-7,9H2,1-4H3. The van der Waals surface area contributed by atoms with Gasteiger partial charge in [0.05, 0.1) is 33.5 Å². The number of rotatable bonds is 6. The van der Waals surface area contributed by atoms with Crippen molar-refractivity contribution in [1.29, 1.82) is 0 Å². The third kappa shape index (κ3) is 3.29. The number of aliphatic hydroxyl groups excluding tert-OH is 1. The number of hydrogen-bond donors (Lipinski definition) is 1. The molecule has 0 fully saturated rings. The number of ether oxygens (including phenoxy) is 5. The Hall–Kier alpha value is -1.50. The molecule has 124 valence electrons. The van der Waals surface area contributed by atoms with Gasteiger partial charge in [-0.1, -0.05) is 0 Å². The van der Waals surface area contributed by atoms with E-state index >= 15 is 0 Å². The number of hydrogen-bond acceptors (Lipinski definition) is 6. The van der Waals surface area contributed by atoms with Crippen LogP contribution in [-0.4, -0.2) is 46.4 Å². The van der Waals surface area contributed by atoms with Gasteiger partial charge in [-0.2, -0.15) is 0 Å². The summed E-state index contributed by atoms with van der Waals surface area (Å²) in [6.07, 6.45) is 1.13. The first-order valence-electron chi connectivity index (χ1n) is 7.26. The van der Waals surface area contributed by atoms with E-state index in [4.69, 9.17) is 23.7 Å². The third-order valence-corrected chi connectivity index (χ3v) is 3.91. The van der Waals surface area contributed by atoms with E-state index in [9.17, 15) is 5.11 Å². The zero-order chi connectivity index (χ0) is 16.1. The van der Waals surface area contributed by atoms with Crippen LogP contribution in [-0.2, 0) is 15.9 Å². The molecule has 1 aliphatic carbocycles. The Kier molecular flexibility index (Phi) is 5.88. The van der Waals surface area contributed by atoms with Crippen molar-refractivity contribution in [2.45, 2.75) is 31.5 Å². The molecular weight excluding hydrogens is 288 g/mol. The van der Waals surface area contributed by atoms with Crippen molar-refractivity contribution < 1.29 is 28.8 Å². The molecule has 6 nitrogen and oxygen atoms in total. The van der Waals surface area contributed by atoms with Crippen molar-refractivity contribution in [3.05, 3.63) is 17.2 Å². The lowest BCUT2D eigenvalue weighted by Gasteiger charge is -2.23. The number of aliphatic hydroxyl groups is 1. The Morgan fingerprint density at radius 3 is 2.41 bits per heavy atom. The largest absolute Gasteiger partial charge is 0.493 e. The molecule has 1 aromatic rings. The first-order valence-corrected chi connectivity index (χ1v) is 7.26. The smallest absolute Gasteiger partial charge is 0.203 e. The lowest BCUT2D eigenvalue weighted by atomic mass is 9.98. The minimum atomic E-state index is -0.434. The van der Waals surface area contributed by atoms with Crippen LogP contribution in [0.3, 0.4) is 0 Å². The molecule has 0 heterocycles. The highest BCUT2D eigenvalue weighted by Gasteiger charge is 2.30. The average molecular weight is 312 g/mol. The lowest BCUT2D eigenvalue weighted by molar-refractivity contribution is -0.0853. The van der Waals surface area contributed by atoms with E-state index in [-0.39, 0.29) is 12.9 Å². The molecule has 2 unspecified atom stereocenters. The quantitative estimate of drug-likeness (QED) is 0.641. The molecule has 0 saturated heterocycles. The molecule has 1 N–H and O–H groups in total.